The highest BCUT2D eigenvalue weighted by Gasteiger charge is 2.26. The first-order valence-electron chi connectivity index (χ1n) is 48.9. The van der Waals surface area contributed by atoms with Crippen LogP contribution in [-0.4, -0.2) is 126 Å². The quantitative estimate of drug-likeness (QED) is 0.0204. The van der Waals surface area contributed by atoms with Crippen LogP contribution in [0.25, 0.3) is 0 Å². The second-order valence-electron chi connectivity index (χ2n) is 34.9. The maximum absolute atomic E-state index is 12.6. The number of rotatable bonds is 56. The number of aromatic nitrogens is 9. The monoisotopic (exact) mass is 1780 g/mol. The van der Waals surface area contributed by atoms with Gasteiger partial charge in [0.15, 0.2) is 0 Å². The molecule has 0 aromatic carbocycles. The lowest BCUT2D eigenvalue weighted by atomic mass is 10.1. The van der Waals surface area contributed by atoms with Gasteiger partial charge in [0, 0.05) is 85.4 Å². The Bertz CT molecular complexity index is 5060. The van der Waals surface area contributed by atoms with Crippen molar-refractivity contribution in [1.82, 2.24) is 50.2 Å². The predicted octanol–water partition coefficient (Wildman–Crippen LogP) is 23.0. The van der Waals surface area contributed by atoms with Gasteiger partial charge in [0.2, 0.25) is 0 Å². The van der Waals surface area contributed by atoms with E-state index < -0.39 is 29.3 Å². The number of nitrogens with one attached hydrogen (secondary N) is 1. The zero-order valence-corrected chi connectivity index (χ0v) is 80.9. The fourth-order valence-corrected chi connectivity index (χ4v) is 13.8. The Morgan fingerprint density at radius 2 is 0.603 bits per heavy atom. The van der Waals surface area contributed by atoms with Crippen molar-refractivity contribution in [3.63, 3.8) is 0 Å². The molecule has 0 bridgehead atoms. The summed E-state index contributed by atoms with van der Waals surface area (Å²) in [6, 6.07) is 21.0. The first-order valence-corrected chi connectivity index (χ1v) is 48.9. The number of carbonyl (C=O) groups is 2. The maximum Gasteiger partial charge on any atom is 0.408 e. The van der Waals surface area contributed by atoms with Crippen molar-refractivity contribution in [2.24, 2.45) is 0 Å². The Labute approximate surface area is 784 Å². The normalized spacial score (nSPS) is 11.1. The molecule has 0 spiro atoms. The third-order valence-electron chi connectivity index (χ3n) is 20.8. The van der Waals surface area contributed by atoms with E-state index in [4.69, 9.17) is 67.8 Å². The van der Waals surface area contributed by atoms with Gasteiger partial charge in [-0.15, -0.1) is 5.10 Å². The van der Waals surface area contributed by atoms with Gasteiger partial charge in [-0.25, -0.2) is 44.2 Å². The minimum Gasteiger partial charge on any atom is -0.493 e. The molecule has 0 radical (unpaired) electrons. The zero-order valence-electron chi connectivity index (χ0n) is 80.9. The highest BCUT2D eigenvalue weighted by atomic mass is 16.6. The van der Waals surface area contributed by atoms with Gasteiger partial charge in [-0.3, -0.25) is 0 Å². The minimum absolute atomic E-state index is 0.0166. The van der Waals surface area contributed by atoms with Crippen LogP contribution in [0.1, 0.15) is 401 Å². The van der Waals surface area contributed by atoms with Crippen molar-refractivity contribution in [2.75, 3.05) is 46.8 Å². The number of nitrogens with zero attached hydrogens (tertiary/aromatic N) is 9. The number of aliphatic hydroxyl groups is 1. The number of hydrogen-bond acceptors (Lipinski definition) is 19. The second-order valence-corrected chi connectivity index (χ2v) is 34.9. The molecular weight excluding hydrogens is 1640 g/mol. The molecule has 21 heteroatoms. The van der Waals surface area contributed by atoms with Crippen molar-refractivity contribution in [1.29, 1.82) is 0 Å². The molecule has 0 aliphatic rings. The lowest BCUT2D eigenvalue weighted by Crippen LogP contribution is -2.46. The summed E-state index contributed by atoms with van der Waals surface area (Å²) in [7, 11) is 1.26. The summed E-state index contributed by atoms with van der Waals surface area (Å²) < 4.78 is 50.5. The lowest BCUT2D eigenvalue weighted by Gasteiger charge is -2.22. The van der Waals surface area contributed by atoms with Crippen molar-refractivity contribution in [2.45, 2.75) is 357 Å². The SMILES string of the molecule is CCCCCCCCOc1cc(C#CCCCCc2cn(C[C@H](NC(=O)OC(C)(C)C)C(=O)OC)nn2)nc(C#Cc2cc(OCCCCCCCC)cc(C#Cc3cc(OCCCCCCCC)cc(C#Cc4cc(OCCCCCCCC)cc(C#Cc5cc(OCCCCCCCC)cc(C#Cc6cc(OCCCCCCCC)cc(C#CC(C)(C)O)n6)n5)n4)n3)n2)c1. The van der Waals surface area contributed by atoms with Crippen molar-refractivity contribution < 1.29 is 52.6 Å². The van der Waals surface area contributed by atoms with E-state index in [0.717, 1.165) is 128 Å². The minimum atomic E-state index is -1.23. The fourth-order valence-electron chi connectivity index (χ4n) is 13.8. The number of unbranched alkanes of at least 4 members (excludes halogenated alkanes) is 32. The first-order chi connectivity index (χ1) is 63.7. The molecule has 7 rings (SSSR count). The third-order valence-corrected chi connectivity index (χ3v) is 20.8. The fraction of sp³-hybridized carbons (Fsp3) is 0.564. The molecule has 7 aromatic heterocycles. The van der Waals surface area contributed by atoms with Gasteiger partial charge < -0.3 is 48.3 Å². The topological polar surface area (TPSA) is 248 Å². The Morgan fingerprint density at radius 1 is 0.351 bits per heavy atom. The molecule has 0 aliphatic carbocycles. The van der Waals surface area contributed by atoms with Crippen LogP contribution in [0.2, 0.25) is 0 Å². The van der Waals surface area contributed by atoms with Gasteiger partial charge in [0.25, 0.3) is 0 Å². The molecule has 7 aromatic rings. The van der Waals surface area contributed by atoms with Crippen LogP contribution < -0.4 is 33.7 Å². The van der Waals surface area contributed by atoms with Gasteiger partial charge in [-0.1, -0.05) is 251 Å². The molecule has 0 unspecified atom stereocenters. The van der Waals surface area contributed by atoms with E-state index in [1.165, 1.54) is 134 Å². The van der Waals surface area contributed by atoms with Gasteiger partial charge in [0.1, 0.15) is 120 Å². The zero-order chi connectivity index (χ0) is 93.6. The Kier molecular flexibility index (Phi) is 51.6. The average Bonchev–Trinajstić information content (AvgIpc) is 1.21. The van der Waals surface area contributed by atoms with Crippen LogP contribution in [-0.2, 0) is 27.2 Å². The number of hydrogen-bond donors (Lipinski definition) is 2. The van der Waals surface area contributed by atoms with E-state index in [1.54, 1.807) is 46.9 Å². The van der Waals surface area contributed by atoms with E-state index >= 15 is 0 Å². The molecular formula is C110H146N10O11. The average molecular weight is 1780 g/mol. The van der Waals surface area contributed by atoms with E-state index in [-0.39, 0.29) is 6.54 Å². The van der Waals surface area contributed by atoms with Gasteiger partial charge >= 0.3 is 12.1 Å². The first kappa shape index (κ1) is 107. The maximum atomic E-state index is 12.6. The van der Waals surface area contributed by atoms with Crippen LogP contribution in [0.3, 0.4) is 0 Å². The van der Waals surface area contributed by atoms with Crippen LogP contribution in [0.15, 0.2) is 79.0 Å². The number of ether oxygens (including phenoxy) is 8. The number of alkyl carbamates (subject to hydrolysis) is 1. The van der Waals surface area contributed by atoms with Crippen LogP contribution in [0, 0.1) is 82.9 Å². The van der Waals surface area contributed by atoms with E-state index in [2.05, 4.69) is 140 Å². The Hall–Kier alpha value is -11.5. The summed E-state index contributed by atoms with van der Waals surface area (Å²) in [6.07, 6.45) is 44.0. The molecule has 0 aliphatic heterocycles. The molecule has 1 amide bonds. The standard InChI is InChI=1S/C110H146N10O11/c1-13-19-25-31-39-47-67-125-100-73-87(53-45-37-38-46-54-99-85-120(119-118-99)86-106(107(121)124-12)117-108(122)131-109(7,8)9)111-88(74-100)55-56-89-75-101(126-68-48-40-32-26-20-14-2)76-90(112-89)57-58-91-77-102(127-69-49-41-33-27-21-15-3)78-92(113-91)59-60-93-79-103(128-70-50-42-34-28-22-16-4)80-94(114-93)61-62-95-81-104(129-71-51-43-35-29-23-17-5)82-96(115-95)63-64-97-83-105(130-72-52-44-36-30-24-18-6)84-98(116-97)65-66-110(10,11)123/h73-85,106,123H,13-44,46-52,54,67-72,86H2,1-12H3,(H,117,122)/t106-/m0/s1. The molecule has 0 saturated heterocycles. The molecule has 21 nitrogen and oxygen atoms in total. The molecule has 131 heavy (non-hydrogen) atoms. The van der Waals surface area contributed by atoms with Gasteiger partial charge in [-0.05, 0) is 163 Å². The Morgan fingerprint density at radius 3 is 0.855 bits per heavy atom. The number of aryl methyl sites for hydroxylation is 1. The number of amides is 1. The number of pyridine rings is 6. The summed E-state index contributed by atoms with van der Waals surface area (Å²) in [4.78, 5) is 54.9. The highest BCUT2D eigenvalue weighted by Crippen LogP contribution is 2.25. The lowest BCUT2D eigenvalue weighted by molar-refractivity contribution is -0.143. The number of methoxy groups -OCH3 is 1. The van der Waals surface area contributed by atoms with Crippen LogP contribution in [0.5, 0.6) is 34.5 Å². The summed E-state index contributed by atoms with van der Waals surface area (Å²) in [5, 5.41) is 21.6. The van der Waals surface area contributed by atoms with Crippen molar-refractivity contribution in [3.8, 4) is 117 Å². The number of esters is 1. The molecule has 702 valence electrons. The smallest absolute Gasteiger partial charge is 0.408 e. The predicted molar refractivity (Wildman–Crippen MR) is 521 cm³/mol. The molecule has 1 atom stereocenters. The van der Waals surface area contributed by atoms with Gasteiger partial charge in [-0.2, -0.15) is 0 Å². The van der Waals surface area contributed by atoms with Crippen molar-refractivity contribution in [3.05, 3.63) is 153 Å². The summed E-state index contributed by atoms with van der Waals surface area (Å²) in [6.45, 7) is 25.0. The molecule has 0 fully saturated rings. The molecule has 2 N–H and O–H groups in total. The van der Waals surface area contributed by atoms with Crippen LogP contribution in [0.4, 0.5) is 4.79 Å². The largest absolute Gasteiger partial charge is 0.493 e. The molecule has 7 heterocycles. The second kappa shape index (κ2) is 63.5. The molecule has 0 saturated carbocycles. The summed E-state index contributed by atoms with van der Waals surface area (Å²) in [5.74, 6) is 48.4. The highest BCUT2D eigenvalue weighted by molar-refractivity contribution is 5.81. The Balaban J connectivity index is 1.23. The van der Waals surface area contributed by atoms with E-state index in [1.807, 2.05) is 66.7 Å². The summed E-state index contributed by atoms with van der Waals surface area (Å²) >= 11 is 0. The number of carbonyl (C=O) groups excluding carboxylic acids is 2. The van der Waals surface area contributed by atoms with Crippen LogP contribution >= 0.6 is 0 Å². The van der Waals surface area contributed by atoms with Gasteiger partial charge in [0.05, 0.1) is 59.0 Å². The van der Waals surface area contributed by atoms with E-state index in [9.17, 15) is 14.7 Å². The summed E-state index contributed by atoms with van der Waals surface area (Å²) in [5.41, 5.74) is 4.05. The van der Waals surface area contributed by atoms with E-state index in [0.29, 0.717) is 155 Å². The third kappa shape index (κ3) is 48.3. The van der Waals surface area contributed by atoms with Crippen molar-refractivity contribution >= 4 is 12.1 Å².